The molecule has 1 atom stereocenters. The van der Waals surface area contributed by atoms with E-state index in [0.717, 1.165) is 29.4 Å². The molecule has 1 saturated heterocycles. The molecule has 15 heteroatoms. The van der Waals surface area contributed by atoms with Crippen LogP contribution < -0.4 is 15.2 Å². The minimum absolute atomic E-state index is 0.00974. The van der Waals surface area contributed by atoms with Gasteiger partial charge in [0.05, 0.1) is 31.0 Å². The molecule has 2 aromatic rings. The van der Waals surface area contributed by atoms with Crippen LogP contribution in [0.1, 0.15) is 31.9 Å². The molecule has 1 aromatic carbocycles. The molecule has 3 heterocycles. The molecule has 0 unspecified atom stereocenters. The van der Waals surface area contributed by atoms with Crippen LogP contribution in [0.4, 0.5) is 23.8 Å². The number of hydrogen-bond donors (Lipinski definition) is 2. The topological polar surface area (TPSA) is 143 Å². The third-order valence-electron chi connectivity index (χ3n) is 6.02. The smallest absolute Gasteiger partial charge is 0.341 e. The Kier molecular flexibility index (Phi) is 7.92. The number of aliphatic imine (C=N–C) groups is 1. The molecule has 0 spiro atoms. The van der Waals surface area contributed by atoms with E-state index in [1.807, 2.05) is 0 Å². The molecule has 1 aromatic heterocycles. The molecule has 4 rings (SSSR count). The number of aromatic nitrogens is 1. The lowest BCUT2D eigenvalue weighted by Crippen LogP contribution is -2.58. The second-order valence-corrected chi connectivity index (χ2v) is 10.7. The van der Waals surface area contributed by atoms with E-state index in [2.05, 4.69) is 19.8 Å². The highest BCUT2D eigenvalue weighted by Crippen LogP contribution is 2.32. The Bertz CT molecular complexity index is 1470. The van der Waals surface area contributed by atoms with Gasteiger partial charge < -0.3 is 15.4 Å². The number of hydrogen-bond acceptors (Lipinski definition) is 8. The molecule has 2 aliphatic rings. The first kappa shape index (κ1) is 28.0. The number of hydrazone groups is 1. The van der Waals surface area contributed by atoms with Gasteiger partial charge in [-0.3, -0.25) is 0 Å². The first-order valence-corrected chi connectivity index (χ1v) is 13.2. The number of rotatable bonds is 7. The summed E-state index contributed by atoms with van der Waals surface area (Å²) in [5.41, 5.74) is 6.06. The summed E-state index contributed by atoms with van der Waals surface area (Å²) in [6, 6.07) is 3.11. The summed E-state index contributed by atoms with van der Waals surface area (Å²) in [7, 11) is -2.67. The third-order valence-corrected chi connectivity index (χ3v) is 7.71. The van der Waals surface area contributed by atoms with Gasteiger partial charge in [0.15, 0.2) is 17.4 Å². The molecule has 3 N–H and O–H groups in total. The summed E-state index contributed by atoms with van der Waals surface area (Å²) in [6.45, 7) is 3.04. The monoisotopic (exact) mass is 565 g/mol. The SMILES string of the molecule is CNS(=O)(=O)C(C(C)=Nc1cc(OC2CN(C(=O)N3N=CC[C@H]3c3cc(F)cc(F)c3)C2)c(F)cn1)=C(C)N. The first-order valence-electron chi connectivity index (χ1n) is 11.7. The lowest BCUT2D eigenvalue weighted by molar-refractivity contribution is 0.0256. The Morgan fingerprint density at radius 3 is 2.44 bits per heavy atom. The van der Waals surface area contributed by atoms with Gasteiger partial charge in [0, 0.05) is 30.5 Å². The standard InChI is InChI=1S/C24H26F3N7O4S/c1-13(28)23(39(36,37)29-3)14(2)32-22-9-21(19(27)10-30-22)38-18-11-33(12-18)24(35)34-20(4-5-31-34)15-6-16(25)8-17(26)7-15/h5-10,18,20,29H,4,11-12,28H2,1-3H3/t20-/m0/s1. The number of benzene rings is 1. The second-order valence-electron chi connectivity index (χ2n) is 8.91. The molecule has 0 radical (unpaired) electrons. The van der Waals surface area contributed by atoms with Crippen LogP contribution >= 0.6 is 0 Å². The predicted octanol–water partition coefficient (Wildman–Crippen LogP) is 2.95. The number of ether oxygens (including phenoxy) is 1. The van der Waals surface area contributed by atoms with Crippen LogP contribution in [0.5, 0.6) is 5.75 Å². The van der Waals surface area contributed by atoms with Crippen molar-refractivity contribution in [2.24, 2.45) is 15.8 Å². The van der Waals surface area contributed by atoms with Crippen molar-refractivity contribution in [3.8, 4) is 5.75 Å². The van der Waals surface area contributed by atoms with Crippen molar-refractivity contribution in [3.05, 3.63) is 64.1 Å². The van der Waals surface area contributed by atoms with E-state index >= 15 is 0 Å². The lowest BCUT2D eigenvalue weighted by atomic mass is 10.0. The van der Waals surface area contributed by atoms with Crippen LogP contribution in [0.3, 0.4) is 0 Å². The minimum atomic E-state index is -3.91. The van der Waals surface area contributed by atoms with Crippen molar-refractivity contribution in [1.82, 2.24) is 19.6 Å². The van der Waals surface area contributed by atoms with Crippen LogP contribution in [-0.2, 0) is 10.0 Å². The zero-order valence-corrected chi connectivity index (χ0v) is 22.0. The molecule has 39 heavy (non-hydrogen) atoms. The molecule has 208 valence electrons. The predicted molar refractivity (Wildman–Crippen MR) is 137 cm³/mol. The molecule has 0 aliphatic carbocycles. The third kappa shape index (κ3) is 6.04. The number of nitrogens with zero attached hydrogens (tertiary/aromatic N) is 5. The molecule has 0 bridgehead atoms. The zero-order valence-electron chi connectivity index (χ0n) is 21.2. The van der Waals surface area contributed by atoms with Crippen LogP contribution in [0.15, 0.2) is 51.2 Å². The molecule has 11 nitrogen and oxygen atoms in total. The number of amides is 2. The Balaban J connectivity index is 1.43. The van der Waals surface area contributed by atoms with Crippen molar-refractivity contribution >= 4 is 33.8 Å². The number of carbonyl (C=O) groups excluding carboxylic acids is 1. The average Bonchev–Trinajstić information content (AvgIpc) is 3.31. The van der Waals surface area contributed by atoms with E-state index in [1.54, 1.807) is 0 Å². The van der Waals surface area contributed by atoms with E-state index in [4.69, 9.17) is 10.5 Å². The number of nitrogens with two attached hydrogens (primary N) is 1. The van der Waals surface area contributed by atoms with Gasteiger partial charge in [-0.25, -0.2) is 46.1 Å². The number of halogens is 3. The van der Waals surface area contributed by atoms with Crippen LogP contribution in [-0.4, -0.2) is 67.5 Å². The number of allylic oxidation sites excluding steroid dienone is 2. The van der Waals surface area contributed by atoms with E-state index in [-0.39, 0.29) is 46.5 Å². The van der Waals surface area contributed by atoms with Gasteiger partial charge in [0.1, 0.15) is 22.6 Å². The fraction of sp³-hybridized carbons (Fsp3) is 0.333. The van der Waals surface area contributed by atoms with Gasteiger partial charge in [-0.2, -0.15) is 5.10 Å². The Morgan fingerprint density at radius 2 is 1.82 bits per heavy atom. The normalized spacial score (nSPS) is 18.7. The van der Waals surface area contributed by atoms with Crippen LogP contribution in [0.25, 0.3) is 0 Å². The Hall–Kier alpha value is -3.98. The average molecular weight is 566 g/mol. The molecule has 0 saturated carbocycles. The molecule has 1 fully saturated rings. The molecule has 2 aliphatic heterocycles. The highest BCUT2D eigenvalue weighted by atomic mass is 32.2. The maximum atomic E-state index is 14.4. The van der Waals surface area contributed by atoms with Gasteiger partial charge in [0.2, 0.25) is 10.0 Å². The van der Waals surface area contributed by atoms with Crippen molar-refractivity contribution in [2.45, 2.75) is 32.4 Å². The molecular weight excluding hydrogens is 539 g/mol. The van der Waals surface area contributed by atoms with Crippen molar-refractivity contribution in [3.63, 3.8) is 0 Å². The molecule has 2 amide bonds. The first-order chi connectivity index (χ1) is 18.4. The summed E-state index contributed by atoms with van der Waals surface area (Å²) in [4.78, 5) is 22.2. The number of likely N-dealkylation sites (tertiary alicyclic amines) is 1. The van der Waals surface area contributed by atoms with Gasteiger partial charge in [-0.15, -0.1) is 0 Å². The number of pyridine rings is 1. The van der Waals surface area contributed by atoms with Crippen molar-refractivity contribution < 1.29 is 31.1 Å². The Labute approximate surface area is 222 Å². The highest BCUT2D eigenvalue weighted by molar-refractivity contribution is 7.94. The number of urea groups is 1. The van der Waals surface area contributed by atoms with Gasteiger partial charge in [0.25, 0.3) is 0 Å². The quantitative estimate of drug-likeness (QED) is 0.495. The Morgan fingerprint density at radius 1 is 1.15 bits per heavy atom. The highest BCUT2D eigenvalue weighted by Gasteiger charge is 2.39. The molecular formula is C24H26F3N7O4S. The van der Waals surface area contributed by atoms with Crippen LogP contribution in [0, 0.1) is 17.5 Å². The number of carbonyl (C=O) groups is 1. The largest absolute Gasteiger partial charge is 0.483 e. The minimum Gasteiger partial charge on any atom is -0.483 e. The zero-order chi connectivity index (χ0) is 28.5. The summed E-state index contributed by atoms with van der Waals surface area (Å²) in [6.07, 6.45) is 2.11. The van der Waals surface area contributed by atoms with E-state index < -0.39 is 45.7 Å². The summed E-state index contributed by atoms with van der Waals surface area (Å²) < 4.78 is 74.2. The van der Waals surface area contributed by atoms with Gasteiger partial charge in [-0.1, -0.05) is 0 Å². The van der Waals surface area contributed by atoms with Crippen LogP contribution in [0.2, 0.25) is 0 Å². The number of sulfonamides is 1. The maximum Gasteiger partial charge on any atom is 0.341 e. The summed E-state index contributed by atoms with van der Waals surface area (Å²) in [5, 5.41) is 5.21. The van der Waals surface area contributed by atoms with Gasteiger partial charge in [-0.05, 0) is 38.6 Å². The van der Waals surface area contributed by atoms with Crippen molar-refractivity contribution in [1.29, 1.82) is 0 Å². The van der Waals surface area contributed by atoms with Crippen molar-refractivity contribution in [2.75, 3.05) is 20.1 Å². The summed E-state index contributed by atoms with van der Waals surface area (Å²) >= 11 is 0. The fourth-order valence-corrected chi connectivity index (χ4v) is 5.28. The summed E-state index contributed by atoms with van der Waals surface area (Å²) in [5.74, 6) is -2.49. The van der Waals surface area contributed by atoms with E-state index in [9.17, 15) is 26.4 Å². The van der Waals surface area contributed by atoms with E-state index in [0.29, 0.717) is 6.42 Å². The lowest BCUT2D eigenvalue weighted by Gasteiger charge is -2.41. The maximum absolute atomic E-state index is 14.4. The number of nitrogens with one attached hydrogen (secondary N) is 1. The van der Waals surface area contributed by atoms with E-state index in [1.165, 1.54) is 38.1 Å². The second kappa shape index (κ2) is 11.0. The fourth-order valence-electron chi connectivity index (χ4n) is 4.21. The van der Waals surface area contributed by atoms with Gasteiger partial charge >= 0.3 is 6.03 Å².